The first-order chi connectivity index (χ1) is 8.99. The Morgan fingerprint density at radius 1 is 1.37 bits per heavy atom. The van der Waals surface area contributed by atoms with Gasteiger partial charge in [-0.15, -0.1) is 0 Å². The molecule has 19 heavy (non-hydrogen) atoms. The summed E-state index contributed by atoms with van der Waals surface area (Å²) < 4.78 is 4.80. The average Bonchev–Trinajstić information content (AvgIpc) is 2.38. The zero-order valence-electron chi connectivity index (χ0n) is 11.0. The number of hydrogen-bond donors (Lipinski definition) is 2. The van der Waals surface area contributed by atoms with E-state index in [0.29, 0.717) is 6.54 Å². The molecule has 0 heterocycles. The number of rotatable bonds is 5. The fourth-order valence-corrected chi connectivity index (χ4v) is 1.59. The molecule has 0 unspecified atom stereocenters. The van der Waals surface area contributed by atoms with E-state index in [0.717, 1.165) is 0 Å². The standard InChI is InChI=1S/C13H18N2O4/c1-3-15(8-12(17)19-4-2)13(18)10-7-9(16)5-6-11(10)14/h5-7,16H,3-4,8,14H2,1-2H3. The third kappa shape index (κ3) is 3.87. The number of carbonyl (C=O) groups is 2. The fourth-order valence-electron chi connectivity index (χ4n) is 1.59. The van der Waals surface area contributed by atoms with Crippen LogP contribution in [0, 0.1) is 0 Å². The van der Waals surface area contributed by atoms with Crippen LogP contribution in [-0.2, 0) is 9.53 Å². The highest BCUT2D eigenvalue weighted by Crippen LogP contribution is 2.20. The summed E-state index contributed by atoms with van der Waals surface area (Å²) in [6.45, 7) is 3.91. The number of phenols is 1. The predicted octanol–water partition coefficient (Wildman–Crippen LogP) is 1.000. The number of aromatic hydroxyl groups is 1. The van der Waals surface area contributed by atoms with Gasteiger partial charge in [0, 0.05) is 12.2 Å². The van der Waals surface area contributed by atoms with Gasteiger partial charge in [0.1, 0.15) is 12.3 Å². The molecule has 0 bridgehead atoms. The van der Waals surface area contributed by atoms with Gasteiger partial charge in [0.05, 0.1) is 12.2 Å². The summed E-state index contributed by atoms with van der Waals surface area (Å²) >= 11 is 0. The Bertz CT molecular complexity index is 474. The zero-order chi connectivity index (χ0) is 14.4. The van der Waals surface area contributed by atoms with E-state index in [-0.39, 0.29) is 30.2 Å². The van der Waals surface area contributed by atoms with Crippen molar-refractivity contribution in [2.45, 2.75) is 13.8 Å². The van der Waals surface area contributed by atoms with E-state index < -0.39 is 11.9 Å². The van der Waals surface area contributed by atoms with Gasteiger partial charge < -0.3 is 20.5 Å². The van der Waals surface area contributed by atoms with E-state index in [1.165, 1.54) is 23.1 Å². The van der Waals surface area contributed by atoms with Crippen LogP contribution in [0.4, 0.5) is 5.69 Å². The van der Waals surface area contributed by atoms with Gasteiger partial charge in [-0.1, -0.05) is 0 Å². The number of ether oxygens (including phenoxy) is 1. The molecule has 0 aromatic heterocycles. The molecule has 1 amide bonds. The summed E-state index contributed by atoms with van der Waals surface area (Å²) in [5.74, 6) is -0.940. The average molecular weight is 266 g/mol. The van der Waals surface area contributed by atoms with Crippen LogP contribution in [-0.4, -0.2) is 41.6 Å². The van der Waals surface area contributed by atoms with Crippen LogP contribution in [0.25, 0.3) is 0 Å². The zero-order valence-corrected chi connectivity index (χ0v) is 11.0. The maximum absolute atomic E-state index is 12.2. The van der Waals surface area contributed by atoms with Crippen molar-refractivity contribution < 1.29 is 19.4 Å². The Morgan fingerprint density at radius 3 is 2.63 bits per heavy atom. The summed E-state index contributed by atoms with van der Waals surface area (Å²) in [6, 6.07) is 4.12. The highest BCUT2D eigenvalue weighted by Gasteiger charge is 2.20. The van der Waals surface area contributed by atoms with Gasteiger partial charge in [-0.2, -0.15) is 0 Å². The smallest absolute Gasteiger partial charge is 0.325 e. The molecule has 0 aliphatic heterocycles. The predicted molar refractivity (Wildman–Crippen MR) is 70.7 cm³/mol. The van der Waals surface area contributed by atoms with Crippen LogP contribution in [0.3, 0.4) is 0 Å². The lowest BCUT2D eigenvalue weighted by Crippen LogP contribution is -2.36. The molecule has 0 saturated carbocycles. The van der Waals surface area contributed by atoms with Gasteiger partial charge in [0.25, 0.3) is 5.91 Å². The first-order valence-corrected chi connectivity index (χ1v) is 6.03. The SMILES string of the molecule is CCOC(=O)CN(CC)C(=O)c1cc(O)ccc1N. The lowest BCUT2D eigenvalue weighted by Gasteiger charge is -2.20. The van der Waals surface area contributed by atoms with Gasteiger partial charge in [-0.3, -0.25) is 9.59 Å². The Hall–Kier alpha value is -2.24. The molecular formula is C13H18N2O4. The highest BCUT2D eigenvalue weighted by atomic mass is 16.5. The molecule has 0 fully saturated rings. The number of nitrogens with two attached hydrogens (primary N) is 1. The topological polar surface area (TPSA) is 92.9 Å². The summed E-state index contributed by atoms with van der Waals surface area (Å²) in [7, 11) is 0. The Kier molecular flexibility index (Phi) is 5.17. The molecule has 6 heteroatoms. The van der Waals surface area contributed by atoms with Gasteiger partial charge >= 0.3 is 5.97 Å². The molecule has 1 aromatic rings. The number of benzene rings is 1. The number of likely N-dealkylation sites (N-methyl/N-ethyl adjacent to an activating group) is 1. The fraction of sp³-hybridized carbons (Fsp3) is 0.385. The number of carbonyl (C=O) groups excluding carboxylic acids is 2. The van der Waals surface area contributed by atoms with E-state index in [9.17, 15) is 14.7 Å². The minimum Gasteiger partial charge on any atom is -0.508 e. The number of esters is 1. The number of nitrogen functional groups attached to an aromatic ring is 1. The monoisotopic (exact) mass is 266 g/mol. The number of phenolic OH excluding ortho intramolecular Hbond substituents is 1. The van der Waals surface area contributed by atoms with E-state index in [2.05, 4.69) is 0 Å². The molecule has 3 N–H and O–H groups in total. The molecule has 1 aromatic carbocycles. The molecule has 0 radical (unpaired) electrons. The summed E-state index contributed by atoms with van der Waals surface area (Å²) in [5.41, 5.74) is 6.12. The van der Waals surface area contributed by atoms with Gasteiger partial charge in [-0.05, 0) is 32.0 Å². The van der Waals surface area contributed by atoms with Crippen molar-refractivity contribution in [1.29, 1.82) is 0 Å². The van der Waals surface area contributed by atoms with Crippen molar-refractivity contribution in [3.05, 3.63) is 23.8 Å². The molecule has 0 spiro atoms. The second-order valence-corrected chi connectivity index (χ2v) is 3.90. The maximum Gasteiger partial charge on any atom is 0.325 e. The normalized spacial score (nSPS) is 10.0. The Labute approximate surface area is 111 Å². The maximum atomic E-state index is 12.2. The Morgan fingerprint density at radius 2 is 2.05 bits per heavy atom. The summed E-state index contributed by atoms with van der Waals surface area (Å²) in [5, 5.41) is 9.39. The van der Waals surface area contributed by atoms with Crippen molar-refractivity contribution in [3.8, 4) is 5.75 Å². The largest absolute Gasteiger partial charge is 0.508 e. The first-order valence-electron chi connectivity index (χ1n) is 6.03. The van der Waals surface area contributed by atoms with Gasteiger partial charge in [0.15, 0.2) is 0 Å². The summed E-state index contributed by atoms with van der Waals surface area (Å²) in [6.07, 6.45) is 0. The van der Waals surface area contributed by atoms with Gasteiger partial charge in [-0.25, -0.2) is 0 Å². The second kappa shape index (κ2) is 6.63. The second-order valence-electron chi connectivity index (χ2n) is 3.90. The van der Waals surface area contributed by atoms with Crippen LogP contribution >= 0.6 is 0 Å². The van der Waals surface area contributed by atoms with Gasteiger partial charge in [0.2, 0.25) is 0 Å². The van der Waals surface area contributed by atoms with E-state index >= 15 is 0 Å². The van der Waals surface area contributed by atoms with Crippen LogP contribution in [0.2, 0.25) is 0 Å². The molecule has 1 rings (SSSR count). The number of nitrogens with zero attached hydrogens (tertiary/aromatic N) is 1. The van der Waals surface area contributed by atoms with Crippen LogP contribution < -0.4 is 5.73 Å². The van der Waals surface area contributed by atoms with Crippen molar-refractivity contribution >= 4 is 17.6 Å². The van der Waals surface area contributed by atoms with Crippen LogP contribution in [0.5, 0.6) is 5.75 Å². The molecule has 104 valence electrons. The van der Waals surface area contributed by atoms with E-state index in [1.54, 1.807) is 13.8 Å². The molecule has 0 saturated heterocycles. The van der Waals surface area contributed by atoms with Crippen LogP contribution in [0.1, 0.15) is 24.2 Å². The number of anilines is 1. The quantitative estimate of drug-likeness (QED) is 0.471. The minimum atomic E-state index is -0.476. The van der Waals surface area contributed by atoms with E-state index in [4.69, 9.17) is 10.5 Å². The first kappa shape index (κ1) is 14.8. The molecule has 0 aliphatic rings. The highest BCUT2D eigenvalue weighted by molar-refractivity contribution is 6.00. The summed E-state index contributed by atoms with van der Waals surface area (Å²) in [4.78, 5) is 24.9. The lowest BCUT2D eigenvalue weighted by molar-refractivity contribution is -0.143. The number of hydrogen-bond acceptors (Lipinski definition) is 5. The molecule has 0 aliphatic carbocycles. The van der Waals surface area contributed by atoms with Crippen molar-refractivity contribution in [1.82, 2.24) is 4.90 Å². The van der Waals surface area contributed by atoms with Crippen molar-refractivity contribution in [2.75, 3.05) is 25.4 Å². The van der Waals surface area contributed by atoms with E-state index in [1.807, 2.05) is 0 Å². The van der Waals surface area contributed by atoms with Crippen LogP contribution in [0.15, 0.2) is 18.2 Å². The molecular weight excluding hydrogens is 248 g/mol. The third-order valence-electron chi connectivity index (χ3n) is 2.56. The lowest BCUT2D eigenvalue weighted by atomic mass is 10.1. The third-order valence-corrected chi connectivity index (χ3v) is 2.56. The van der Waals surface area contributed by atoms with Crippen molar-refractivity contribution in [3.63, 3.8) is 0 Å². The Balaban J connectivity index is 2.89. The molecule has 0 atom stereocenters. The molecule has 6 nitrogen and oxygen atoms in total. The minimum absolute atomic E-state index is 0.0512. The van der Waals surface area contributed by atoms with Crippen molar-refractivity contribution in [2.24, 2.45) is 0 Å². The number of amides is 1.